The molecule has 2 atom stereocenters. The van der Waals surface area contributed by atoms with Gasteiger partial charge in [-0.2, -0.15) is 4.72 Å². The molecular formula is C25H24Cl2N2O3S. The molecule has 0 aromatic heterocycles. The molecule has 4 rings (SSSR count). The number of rotatable bonds is 7. The predicted molar refractivity (Wildman–Crippen MR) is 131 cm³/mol. The number of carbonyl (C=O) groups excluding carboxylic acids is 1. The molecule has 2 N–H and O–H groups in total. The molecule has 1 aliphatic carbocycles. The molecule has 0 unspecified atom stereocenters. The summed E-state index contributed by atoms with van der Waals surface area (Å²) in [6.45, 7) is 0. The number of sulfonamides is 1. The van der Waals surface area contributed by atoms with Crippen LogP contribution in [-0.4, -0.2) is 20.4 Å². The number of benzene rings is 3. The summed E-state index contributed by atoms with van der Waals surface area (Å²) in [6, 6.07) is 20.3. The Bertz CT molecular complexity index is 1250. The van der Waals surface area contributed by atoms with Crippen LogP contribution in [0.25, 0.3) is 0 Å². The van der Waals surface area contributed by atoms with Gasteiger partial charge in [-0.05, 0) is 60.6 Å². The van der Waals surface area contributed by atoms with Gasteiger partial charge in [0.15, 0.2) is 0 Å². The average molecular weight is 503 g/mol. The molecule has 33 heavy (non-hydrogen) atoms. The van der Waals surface area contributed by atoms with Gasteiger partial charge in [0.25, 0.3) is 0 Å². The van der Waals surface area contributed by atoms with Gasteiger partial charge in [-0.3, -0.25) is 4.79 Å². The van der Waals surface area contributed by atoms with Gasteiger partial charge in [-0.15, -0.1) is 0 Å². The Morgan fingerprint density at radius 1 is 1.00 bits per heavy atom. The molecule has 1 amide bonds. The lowest BCUT2D eigenvalue weighted by Gasteiger charge is -2.28. The van der Waals surface area contributed by atoms with E-state index in [4.69, 9.17) is 23.2 Å². The summed E-state index contributed by atoms with van der Waals surface area (Å²) in [5.41, 5.74) is 3.12. The number of hydrogen-bond acceptors (Lipinski definition) is 3. The molecule has 5 nitrogen and oxygen atoms in total. The normalized spacial score (nSPS) is 16.6. The zero-order valence-corrected chi connectivity index (χ0v) is 20.1. The van der Waals surface area contributed by atoms with Crippen molar-refractivity contribution in [3.8, 4) is 0 Å². The second-order valence-electron chi connectivity index (χ2n) is 8.09. The fourth-order valence-corrected chi connectivity index (χ4v) is 6.11. The monoisotopic (exact) mass is 502 g/mol. The maximum Gasteiger partial charge on any atom is 0.242 e. The minimum absolute atomic E-state index is 0.0342. The van der Waals surface area contributed by atoms with E-state index in [1.54, 1.807) is 0 Å². The molecule has 0 radical (unpaired) electrons. The van der Waals surface area contributed by atoms with Crippen molar-refractivity contribution >= 4 is 39.1 Å². The number of fused-ring (bicyclic) bond motifs is 1. The lowest BCUT2D eigenvalue weighted by atomic mass is 9.87. The first kappa shape index (κ1) is 23.8. The van der Waals surface area contributed by atoms with Crippen molar-refractivity contribution in [2.75, 3.05) is 0 Å². The molecule has 0 aliphatic heterocycles. The number of halogens is 2. The van der Waals surface area contributed by atoms with Crippen LogP contribution in [0.4, 0.5) is 0 Å². The SMILES string of the molecule is O=C(N[C@@H]1CCCc2ccccc21)[C@@H](Cc1ccccc1)NS(=O)(=O)c1cc(Cl)ccc1Cl. The third-order valence-corrected chi connectivity index (χ3v) is 7.95. The highest BCUT2D eigenvalue weighted by Gasteiger charge is 2.30. The largest absolute Gasteiger partial charge is 0.348 e. The number of nitrogens with one attached hydrogen (secondary N) is 2. The lowest BCUT2D eigenvalue weighted by molar-refractivity contribution is -0.123. The zero-order valence-electron chi connectivity index (χ0n) is 17.8. The smallest absolute Gasteiger partial charge is 0.242 e. The molecule has 1 aliphatic rings. The maximum atomic E-state index is 13.4. The molecular weight excluding hydrogens is 479 g/mol. The highest BCUT2D eigenvalue weighted by molar-refractivity contribution is 7.89. The van der Waals surface area contributed by atoms with E-state index in [2.05, 4.69) is 16.1 Å². The maximum absolute atomic E-state index is 13.4. The summed E-state index contributed by atoms with van der Waals surface area (Å²) in [7, 11) is -4.11. The Labute approximate surface area is 204 Å². The summed E-state index contributed by atoms with van der Waals surface area (Å²) in [5.74, 6) is -0.387. The Morgan fingerprint density at radius 2 is 1.73 bits per heavy atom. The van der Waals surface area contributed by atoms with Crippen molar-refractivity contribution in [2.24, 2.45) is 0 Å². The van der Waals surface area contributed by atoms with Gasteiger partial charge < -0.3 is 5.32 Å². The standard InChI is InChI=1S/C25H24Cl2N2O3S/c26-19-13-14-21(27)24(16-19)33(31,32)29-23(15-17-7-2-1-3-8-17)25(30)28-22-12-6-10-18-9-4-5-11-20(18)22/h1-5,7-9,11,13-14,16,22-23,29H,6,10,12,15H2,(H,28,30)/t22-,23-/m1/s1. The van der Waals surface area contributed by atoms with Gasteiger partial charge in [-0.25, -0.2) is 8.42 Å². The van der Waals surface area contributed by atoms with Crippen molar-refractivity contribution in [1.82, 2.24) is 10.0 Å². The molecule has 0 heterocycles. The highest BCUT2D eigenvalue weighted by Crippen LogP contribution is 2.30. The minimum Gasteiger partial charge on any atom is -0.348 e. The fourth-order valence-electron chi connectivity index (χ4n) is 4.15. The van der Waals surface area contributed by atoms with Gasteiger partial charge in [0.1, 0.15) is 10.9 Å². The Hall–Kier alpha value is -2.38. The van der Waals surface area contributed by atoms with Gasteiger partial charge in [-0.1, -0.05) is 77.8 Å². The van der Waals surface area contributed by atoms with Crippen molar-refractivity contribution < 1.29 is 13.2 Å². The zero-order chi connectivity index (χ0) is 23.4. The third kappa shape index (κ3) is 5.76. The number of amides is 1. The molecule has 0 spiro atoms. The summed E-state index contributed by atoms with van der Waals surface area (Å²) >= 11 is 12.1. The van der Waals surface area contributed by atoms with Crippen LogP contribution in [-0.2, 0) is 27.7 Å². The van der Waals surface area contributed by atoms with Crippen LogP contribution < -0.4 is 10.0 Å². The number of carbonyl (C=O) groups is 1. The van der Waals surface area contributed by atoms with Crippen LogP contribution in [0, 0.1) is 0 Å². The average Bonchev–Trinajstić information content (AvgIpc) is 2.81. The minimum atomic E-state index is -4.11. The van der Waals surface area contributed by atoms with E-state index in [1.807, 2.05) is 48.5 Å². The number of aryl methyl sites for hydroxylation is 1. The van der Waals surface area contributed by atoms with E-state index < -0.39 is 16.1 Å². The summed E-state index contributed by atoms with van der Waals surface area (Å²) in [5, 5.41) is 3.34. The van der Waals surface area contributed by atoms with Gasteiger partial charge >= 0.3 is 0 Å². The quantitative estimate of drug-likeness (QED) is 0.473. The summed E-state index contributed by atoms with van der Waals surface area (Å²) in [6.07, 6.45) is 2.91. The first-order chi connectivity index (χ1) is 15.8. The van der Waals surface area contributed by atoms with Crippen LogP contribution in [0.15, 0.2) is 77.7 Å². The van der Waals surface area contributed by atoms with E-state index in [0.29, 0.717) is 0 Å². The predicted octanol–water partition coefficient (Wildman–Crippen LogP) is 5.08. The highest BCUT2D eigenvalue weighted by atomic mass is 35.5. The van der Waals surface area contributed by atoms with Crippen molar-refractivity contribution in [3.63, 3.8) is 0 Å². The van der Waals surface area contributed by atoms with Crippen LogP contribution in [0.5, 0.6) is 0 Å². The van der Waals surface area contributed by atoms with E-state index in [1.165, 1.54) is 23.8 Å². The van der Waals surface area contributed by atoms with Crippen molar-refractivity contribution in [3.05, 3.63) is 99.5 Å². The molecule has 172 valence electrons. The van der Waals surface area contributed by atoms with Crippen LogP contribution in [0.2, 0.25) is 10.0 Å². The topological polar surface area (TPSA) is 75.3 Å². The van der Waals surface area contributed by atoms with Crippen LogP contribution in [0.1, 0.15) is 35.6 Å². The molecule has 3 aromatic rings. The molecule has 0 saturated carbocycles. The van der Waals surface area contributed by atoms with E-state index in [9.17, 15) is 13.2 Å². The summed E-state index contributed by atoms with van der Waals surface area (Å²) in [4.78, 5) is 13.2. The van der Waals surface area contributed by atoms with Crippen molar-refractivity contribution in [1.29, 1.82) is 0 Å². The molecule has 0 fully saturated rings. The van der Waals surface area contributed by atoms with E-state index in [0.717, 1.165) is 30.4 Å². The first-order valence-electron chi connectivity index (χ1n) is 10.7. The Balaban J connectivity index is 1.61. The third-order valence-electron chi connectivity index (χ3n) is 5.77. The van der Waals surface area contributed by atoms with Crippen molar-refractivity contribution in [2.45, 2.75) is 42.7 Å². The van der Waals surface area contributed by atoms with E-state index in [-0.39, 0.29) is 33.3 Å². The lowest BCUT2D eigenvalue weighted by Crippen LogP contribution is -2.49. The Morgan fingerprint density at radius 3 is 2.52 bits per heavy atom. The first-order valence-corrected chi connectivity index (χ1v) is 13.0. The molecule has 3 aromatic carbocycles. The van der Waals surface area contributed by atoms with Crippen LogP contribution in [0.3, 0.4) is 0 Å². The number of hydrogen-bond donors (Lipinski definition) is 2. The van der Waals surface area contributed by atoms with E-state index >= 15 is 0 Å². The van der Waals surface area contributed by atoms with Gasteiger partial charge in [0.05, 0.1) is 11.1 Å². The molecule has 8 heteroatoms. The van der Waals surface area contributed by atoms with Gasteiger partial charge in [0.2, 0.25) is 15.9 Å². The molecule has 0 bridgehead atoms. The fraction of sp³-hybridized carbons (Fsp3) is 0.240. The Kier molecular flexibility index (Phi) is 7.39. The summed E-state index contributed by atoms with van der Waals surface area (Å²) < 4.78 is 28.9. The van der Waals surface area contributed by atoms with Crippen LogP contribution >= 0.6 is 23.2 Å². The van der Waals surface area contributed by atoms with Gasteiger partial charge in [0, 0.05) is 5.02 Å². The second-order valence-corrected chi connectivity index (χ2v) is 10.6. The molecule has 0 saturated heterocycles. The second kappa shape index (κ2) is 10.3.